The molecule has 150 valence electrons. The Morgan fingerprint density at radius 1 is 0.966 bits per heavy atom. The molecule has 0 aliphatic heterocycles. The van der Waals surface area contributed by atoms with Crippen molar-refractivity contribution in [3.05, 3.63) is 76.4 Å². The molecule has 1 aliphatic carbocycles. The number of rotatable bonds is 6. The van der Waals surface area contributed by atoms with Crippen LogP contribution in [0, 0.1) is 6.92 Å². The smallest absolute Gasteiger partial charge is 0.241 e. The fourth-order valence-corrected chi connectivity index (χ4v) is 5.14. The van der Waals surface area contributed by atoms with E-state index < -0.39 is 16.1 Å². The van der Waals surface area contributed by atoms with Gasteiger partial charge in [-0.3, -0.25) is 9.59 Å². The molecule has 0 unspecified atom stereocenters. The summed E-state index contributed by atoms with van der Waals surface area (Å²) in [4.78, 5) is 28.7. The minimum absolute atomic E-state index is 0.0521. The number of hydrogen-bond donors (Lipinski definition) is 3. The van der Waals surface area contributed by atoms with Crippen molar-refractivity contribution in [1.82, 2.24) is 14.7 Å². The van der Waals surface area contributed by atoms with E-state index in [0.717, 1.165) is 23.1 Å². The lowest BCUT2D eigenvalue weighted by Gasteiger charge is -2.29. The molecule has 3 aromatic rings. The molecule has 2 aromatic heterocycles. The lowest BCUT2D eigenvalue weighted by molar-refractivity contribution is 0.111. The Morgan fingerprint density at radius 2 is 1.69 bits per heavy atom. The topological polar surface area (TPSA) is 112 Å². The number of hydrogen-bond acceptors (Lipinski definition) is 4. The van der Waals surface area contributed by atoms with Gasteiger partial charge in [-0.15, -0.1) is 0 Å². The second-order valence-corrected chi connectivity index (χ2v) is 9.03. The van der Waals surface area contributed by atoms with Gasteiger partial charge < -0.3 is 9.97 Å². The maximum Gasteiger partial charge on any atom is 0.241 e. The number of fused-ring (bicyclic) bond motifs is 1. The summed E-state index contributed by atoms with van der Waals surface area (Å²) in [6, 6.07) is 11.5. The number of nitrogens with one attached hydrogen (secondary N) is 3. The second kappa shape index (κ2) is 7.46. The molecule has 0 bridgehead atoms. The molecular weight excluding hydrogens is 390 g/mol. The number of carbonyl (C=O) groups excluding carboxylic acids is 2. The Balaban J connectivity index is 1.67. The Hall–Kier alpha value is -2.97. The molecule has 0 spiro atoms. The van der Waals surface area contributed by atoms with Crippen LogP contribution in [-0.2, 0) is 10.0 Å². The number of aldehydes is 2. The summed E-state index contributed by atoms with van der Waals surface area (Å²) in [6.45, 7) is 1.90. The molecule has 0 saturated carbocycles. The van der Waals surface area contributed by atoms with Gasteiger partial charge in [0.05, 0.1) is 22.3 Å². The number of aryl methyl sites for hydroxylation is 1. The van der Waals surface area contributed by atoms with Gasteiger partial charge in [0.25, 0.3) is 0 Å². The molecule has 1 aromatic carbocycles. The molecule has 3 N–H and O–H groups in total. The number of aromatic nitrogens is 2. The van der Waals surface area contributed by atoms with Crippen LogP contribution in [0.5, 0.6) is 0 Å². The predicted molar refractivity (Wildman–Crippen MR) is 108 cm³/mol. The number of H-pyrrole nitrogens is 2. The zero-order valence-corrected chi connectivity index (χ0v) is 16.6. The highest BCUT2D eigenvalue weighted by Crippen LogP contribution is 2.41. The van der Waals surface area contributed by atoms with Gasteiger partial charge in [0.2, 0.25) is 10.0 Å². The van der Waals surface area contributed by atoms with Crippen molar-refractivity contribution < 1.29 is 18.0 Å². The Kier molecular flexibility index (Phi) is 4.97. The van der Waals surface area contributed by atoms with E-state index in [1.54, 1.807) is 36.4 Å². The standard InChI is InChI=1S/C21H21N3O4S/c1-13-2-5-16(6-3-13)29(27,28)24-20-9-7-17(19-8-4-14(11-25)22-19)18-10-15(12-26)23-21(18)20/h2-6,8,10-12,17,20,22-24H,7,9H2,1H3/t17-,20-/m0/s1. The van der Waals surface area contributed by atoms with Gasteiger partial charge in [0, 0.05) is 17.3 Å². The number of carbonyl (C=O) groups is 2. The minimum atomic E-state index is -3.71. The van der Waals surface area contributed by atoms with Crippen molar-refractivity contribution >= 4 is 22.6 Å². The summed E-state index contributed by atoms with van der Waals surface area (Å²) >= 11 is 0. The van der Waals surface area contributed by atoms with Crippen molar-refractivity contribution in [3.8, 4) is 0 Å². The average molecular weight is 411 g/mol. The molecule has 8 heteroatoms. The molecule has 7 nitrogen and oxygen atoms in total. The van der Waals surface area contributed by atoms with Crippen molar-refractivity contribution in [2.24, 2.45) is 0 Å². The number of aromatic amines is 2. The maximum atomic E-state index is 12.9. The summed E-state index contributed by atoms with van der Waals surface area (Å²) in [6.07, 6.45) is 2.69. The molecule has 0 radical (unpaired) electrons. The van der Waals surface area contributed by atoms with Crippen molar-refractivity contribution in [3.63, 3.8) is 0 Å². The van der Waals surface area contributed by atoms with Crippen LogP contribution in [0.15, 0.2) is 47.4 Å². The monoisotopic (exact) mass is 411 g/mol. The third-order valence-electron chi connectivity index (χ3n) is 5.36. The van der Waals surface area contributed by atoms with E-state index in [1.807, 2.05) is 13.0 Å². The van der Waals surface area contributed by atoms with Crippen LogP contribution in [0.1, 0.15) is 68.3 Å². The summed E-state index contributed by atoms with van der Waals surface area (Å²) < 4.78 is 28.5. The van der Waals surface area contributed by atoms with Crippen molar-refractivity contribution in [2.75, 3.05) is 0 Å². The predicted octanol–water partition coefficient (Wildman–Crippen LogP) is 3.22. The Morgan fingerprint density at radius 3 is 2.34 bits per heavy atom. The highest BCUT2D eigenvalue weighted by atomic mass is 32.2. The van der Waals surface area contributed by atoms with Crippen LogP contribution in [0.4, 0.5) is 0 Å². The van der Waals surface area contributed by atoms with Gasteiger partial charge in [-0.2, -0.15) is 0 Å². The number of benzene rings is 1. The molecule has 2 atom stereocenters. The van der Waals surface area contributed by atoms with E-state index in [1.165, 1.54) is 0 Å². The zero-order chi connectivity index (χ0) is 20.6. The van der Waals surface area contributed by atoms with E-state index in [-0.39, 0.29) is 10.8 Å². The molecular formula is C21H21N3O4S. The molecule has 29 heavy (non-hydrogen) atoms. The van der Waals surface area contributed by atoms with Crippen LogP contribution in [-0.4, -0.2) is 31.0 Å². The third-order valence-corrected chi connectivity index (χ3v) is 6.85. The van der Waals surface area contributed by atoms with Crippen molar-refractivity contribution in [1.29, 1.82) is 0 Å². The van der Waals surface area contributed by atoms with Gasteiger partial charge in [-0.05, 0) is 55.7 Å². The van der Waals surface area contributed by atoms with Gasteiger partial charge in [-0.1, -0.05) is 17.7 Å². The van der Waals surface area contributed by atoms with Gasteiger partial charge >= 0.3 is 0 Å². The molecule has 0 fully saturated rings. The minimum Gasteiger partial charge on any atom is -0.356 e. The molecule has 1 aliphatic rings. The fraction of sp³-hybridized carbons (Fsp3) is 0.238. The Labute approximate surface area is 168 Å². The lowest BCUT2D eigenvalue weighted by Crippen LogP contribution is -2.32. The highest BCUT2D eigenvalue weighted by molar-refractivity contribution is 7.89. The first-order chi connectivity index (χ1) is 13.9. The van der Waals surface area contributed by atoms with Crippen LogP contribution in [0.2, 0.25) is 0 Å². The summed E-state index contributed by atoms with van der Waals surface area (Å²) in [5.74, 6) is -0.0521. The first-order valence-electron chi connectivity index (χ1n) is 9.32. The average Bonchev–Trinajstić information content (AvgIpc) is 3.35. The normalized spacial score (nSPS) is 18.9. The van der Waals surface area contributed by atoms with Crippen LogP contribution >= 0.6 is 0 Å². The van der Waals surface area contributed by atoms with E-state index in [4.69, 9.17) is 0 Å². The largest absolute Gasteiger partial charge is 0.356 e. The summed E-state index contributed by atoms with van der Waals surface area (Å²) in [5.41, 5.74) is 4.26. The highest BCUT2D eigenvalue weighted by Gasteiger charge is 2.33. The lowest BCUT2D eigenvalue weighted by atomic mass is 9.82. The van der Waals surface area contributed by atoms with E-state index in [0.29, 0.717) is 36.2 Å². The SMILES string of the molecule is Cc1ccc(S(=O)(=O)N[C@H]2CC[C@H](c3ccc(C=O)[nH]3)c3cc(C=O)[nH]c32)cc1. The van der Waals surface area contributed by atoms with Crippen LogP contribution in [0.3, 0.4) is 0 Å². The Bertz CT molecular complexity index is 1160. The third kappa shape index (κ3) is 3.68. The van der Waals surface area contributed by atoms with Gasteiger partial charge in [0.15, 0.2) is 12.6 Å². The van der Waals surface area contributed by atoms with Crippen LogP contribution < -0.4 is 4.72 Å². The van der Waals surface area contributed by atoms with E-state index in [2.05, 4.69) is 14.7 Å². The summed E-state index contributed by atoms with van der Waals surface area (Å²) in [5, 5.41) is 0. The summed E-state index contributed by atoms with van der Waals surface area (Å²) in [7, 11) is -3.71. The van der Waals surface area contributed by atoms with Gasteiger partial charge in [0.1, 0.15) is 0 Å². The first kappa shape index (κ1) is 19.4. The first-order valence-corrected chi connectivity index (χ1v) is 10.8. The number of sulfonamides is 1. The van der Waals surface area contributed by atoms with E-state index in [9.17, 15) is 18.0 Å². The quantitative estimate of drug-likeness (QED) is 0.541. The zero-order valence-electron chi connectivity index (χ0n) is 15.8. The molecule has 0 amide bonds. The van der Waals surface area contributed by atoms with Gasteiger partial charge in [-0.25, -0.2) is 13.1 Å². The molecule has 4 rings (SSSR count). The molecule has 2 heterocycles. The van der Waals surface area contributed by atoms with Crippen LogP contribution in [0.25, 0.3) is 0 Å². The molecule has 0 saturated heterocycles. The van der Waals surface area contributed by atoms with E-state index >= 15 is 0 Å². The fourth-order valence-electron chi connectivity index (χ4n) is 3.90. The second-order valence-electron chi connectivity index (χ2n) is 7.32. The van der Waals surface area contributed by atoms with Crippen molar-refractivity contribution in [2.45, 2.75) is 36.6 Å². The maximum absolute atomic E-state index is 12.9.